The summed E-state index contributed by atoms with van der Waals surface area (Å²) in [6, 6.07) is 0. The molecule has 0 spiro atoms. The fourth-order valence-electron chi connectivity index (χ4n) is 2.81. The van der Waals surface area contributed by atoms with E-state index in [4.69, 9.17) is 0 Å². The topological polar surface area (TPSA) is 60.9 Å². The van der Waals surface area contributed by atoms with Crippen LogP contribution < -0.4 is 0 Å². The fraction of sp³-hybridized carbons (Fsp3) is 0.733. The number of nitrogens with zero attached hydrogens (tertiary/aromatic N) is 2. The Balaban J connectivity index is 1.79. The van der Waals surface area contributed by atoms with Gasteiger partial charge >= 0.3 is 0 Å². The Morgan fingerprint density at radius 3 is 2.40 bits per heavy atom. The molecule has 1 fully saturated rings. The highest BCUT2D eigenvalue weighted by molar-refractivity contribution is 5.81. The molecule has 112 valence electrons. The van der Waals surface area contributed by atoms with E-state index in [1.54, 1.807) is 4.90 Å². The molecule has 1 heterocycles. The van der Waals surface area contributed by atoms with Crippen LogP contribution in [0.4, 0.5) is 0 Å². The molecule has 0 bridgehead atoms. The largest absolute Gasteiger partial charge is 0.384 e. The molecule has 1 aliphatic carbocycles. The Kier molecular flexibility index (Phi) is 5.17. The van der Waals surface area contributed by atoms with Gasteiger partial charge in [0.25, 0.3) is 5.91 Å². The fourth-order valence-corrected chi connectivity index (χ4v) is 2.81. The van der Waals surface area contributed by atoms with Gasteiger partial charge in [0.1, 0.15) is 6.10 Å². The van der Waals surface area contributed by atoms with Crippen LogP contribution in [0.3, 0.4) is 0 Å². The lowest BCUT2D eigenvalue weighted by molar-refractivity contribution is -0.144. The number of aliphatic hydroxyl groups is 1. The molecule has 20 heavy (non-hydrogen) atoms. The molecule has 2 rings (SSSR count). The quantitative estimate of drug-likeness (QED) is 0.782. The second kappa shape index (κ2) is 6.88. The van der Waals surface area contributed by atoms with Crippen LogP contribution in [0.15, 0.2) is 11.6 Å². The first-order chi connectivity index (χ1) is 9.58. The molecule has 5 nitrogen and oxygen atoms in total. The Bertz CT molecular complexity index is 396. The van der Waals surface area contributed by atoms with Crippen LogP contribution in [0.1, 0.15) is 39.0 Å². The minimum atomic E-state index is -0.954. The molecular formula is C15H24N2O3. The Hall–Kier alpha value is -1.36. The molecule has 0 saturated carbocycles. The molecule has 0 radical (unpaired) electrons. The number of aliphatic hydroxyl groups excluding tert-OH is 1. The lowest BCUT2D eigenvalue weighted by atomic mass is 9.97. The molecule has 0 aromatic heterocycles. The van der Waals surface area contributed by atoms with E-state index in [2.05, 4.69) is 6.08 Å². The zero-order valence-corrected chi connectivity index (χ0v) is 12.2. The summed E-state index contributed by atoms with van der Waals surface area (Å²) in [7, 11) is 0. The smallest absolute Gasteiger partial charge is 0.251 e. The molecule has 2 aliphatic rings. The van der Waals surface area contributed by atoms with Gasteiger partial charge < -0.3 is 14.9 Å². The molecule has 1 aliphatic heterocycles. The van der Waals surface area contributed by atoms with E-state index in [0.717, 1.165) is 12.8 Å². The molecule has 1 N–H and O–H groups in total. The maximum Gasteiger partial charge on any atom is 0.251 e. The summed E-state index contributed by atoms with van der Waals surface area (Å²) in [5.41, 5.74) is 1.27. The SMILES string of the molecule is CC(O)C(=O)N1CCN(C(=O)CC2=CCCCC2)CC1. The van der Waals surface area contributed by atoms with E-state index in [-0.39, 0.29) is 11.8 Å². The number of piperazine rings is 1. The third-order valence-electron chi connectivity index (χ3n) is 4.06. The van der Waals surface area contributed by atoms with Crippen molar-refractivity contribution in [2.75, 3.05) is 26.2 Å². The van der Waals surface area contributed by atoms with Gasteiger partial charge in [-0.15, -0.1) is 0 Å². The van der Waals surface area contributed by atoms with Crippen molar-refractivity contribution in [3.63, 3.8) is 0 Å². The van der Waals surface area contributed by atoms with Crippen molar-refractivity contribution in [2.45, 2.75) is 45.1 Å². The Morgan fingerprint density at radius 2 is 1.85 bits per heavy atom. The number of allylic oxidation sites excluding steroid dienone is 1. The summed E-state index contributed by atoms with van der Waals surface area (Å²) in [5, 5.41) is 9.29. The van der Waals surface area contributed by atoms with Crippen LogP contribution in [0.2, 0.25) is 0 Å². The number of rotatable bonds is 3. The third-order valence-corrected chi connectivity index (χ3v) is 4.06. The number of carbonyl (C=O) groups excluding carboxylic acids is 2. The highest BCUT2D eigenvalue weighted by atomic mass is 16.3. The Labute approximate surface area is 120 Å². The van der Waals surface area contributed by atoms with Gasteiger partial charge in [-0.05, 0) is 32.6 Å². The molecule has 0 aromatic rings. The van der Waals surface area contributed by atoms with Gasteiger partial charge in [0.15, 0.2) is 0 Å². The van der Waals surface area contributed by atoms with Crippen molar-refractivity contribution >= 4 is 11.8 Å². The number of amides is 2. The van der Waals surface area contributed by atoms with Gasteiger partial charge in [0, 0.05) is 32.6 Å². The van der Waals surface area contributed by atoms with Crippen molar-refractivity contribution < 1.29 is 14.7 Å². The van der Waals surface area contributed by atoms with Crippen LogP contribution in [-0.4, -0.2) is 59.0 Å². The average molecular weight is 280 g/mol. The lowest BCUT2D eigenvalue weighted by Gasteiger charge is -2.35. The van der Waals surface area contributed by atoms with Crippen LogP contribution in [0.25, 0.3) is 0 Å². The van der Waals surface area contributed by atoms with Gasteiger partial charge in [-0.3, -0.25) is 9.59 Å². The van der Waals surface area contributed by atoms with Crippen LogP contribution in [0, 0.1) is 0 Å². The monoisotopic (exact) mass is 280 g/mol. The maximum atomic E-state index is 12.2. The summed E-state index contributed by atoms with van der Waals surface area (Å²) < 4.78 is 0. The predicted octanol–water partition coefficient (Wildman–Crippen LogP) is 0.928. The zero-order chi connectivity index (χ0) is 14.5. The molecular weight excluding hydrogens is 256 g/mol. The van der Waals surface area contributed by atoms with Crippen molar-refractivity contribution in [1.82, 2.24) is 9.80 Å². The molecule has 0 aromatic carbocycles. The standard InChI is InChI=1S/C15H24N2O3/c1-12(18)15(20)17-9-7-16(8-10-17)14(19)11-13-5-3-2-4-6-13/h5,12,18H,2-4,6-11H2,1H3. The summed E-state index contributed by atoms with van der Waals surface area (Å²) in [5.74, 6) is -0.0746. The molecule has 1 saturated heterocycles. The predicted molar refractivity (Wildman–Crippen MR) is 76.0 cm³/mol. The van der Waals surface area contributed by atoms with Crippen molar-refractivity contribution in [1.29, 1.82) is 0 Å². The van der Waals surface area contributed by atoms with E-state index in [9.17, 15) is 14.7 Å². The zero-order valence-electron chi connectivity index (χ0n) is 12.2. The maximum absolute atomic E-state index is 12.2. The van der Waals surface area contributed by atoms with Gasteiger partial charge in [0.2, 0.25) is 5.91 Å². The van der Waals surface area contributed by atoms with Gasteiger partial charge in [-0.2, -0.15) is 0 Å². The van der Waals surface area contributed by atoms with Crippen molar-refractivity contribution in [2.24, 2.45) is 0 Å². The van der Waals surface area contributed by atoms with Crippen LogP contribution >= 0.6 is 0 Å². The molecule has 5 heteroatoms. The highest BCUT2D eigenvalue weighted by Gasteiger charge is 2.26. The number of carbonyl (C=O) groups is 2. The van der Waals surface area contributed by atoms with Gasteiger partial charge in [0.05, 0.1) is 0 Å². The van der Waals surface area contributed by atoms with Crippen LogP contribution in [-0.2, 0) is 9.59 Å². The lowest BCUT2D eigenvalue weighted by Crippen LogP contribution is -2.52. The molecule has 1 unspecified atom stereocenters. The highest BCUT2D eigenvalue weighted by Crippen LogP contribution is 2.21. The second-order valence-corrected chi connectivity index (χ2v) is 5.67. The number of hydrogen-bond acceptors (Lipinski definition) is 3. The summed E-state index contributed by atoms with van der Waals surface area (Å²) in [6.45, 7) is 3.67. The summed E-state index contributed by atoms with van der Waals surface area (Å²) in [6.07, 6.45) is 6.35. The number of hydrogen-bond donors (Lipinski definition) is 1. The first kappa shape index (κ1) is 15.0. The summed E-state index contributed by atoms with van der Waals surface area (Å²) >= 11 is 0. The average Bonchev–Trinajstić information content (AvgIpc) is 2.47. The van der Waals surface area contributed by atoms with E-state index in [1.807, 2.05) is 4.90 Å². The minimum Gasteiger partial charge on any atom is -0.384 e. The van der Waals surface area contributed by atoms with E-state index >= 15 is 0 Å². The first-order valence-corrected chi connectivity index (χ1v) is 7.50. The van der Waals surface area contributed by atoms with Gasteiger partial charge in [-0.25, -0.2) is 0 Å². The molecule has 1 atom stereocenters. The Morgan fingerprint density at radius 1 is 1.20 bits per heavy atom. The second-order valence-electron chi connectivity index (χ2n) is 5.67. The van der Waals surface area contributed by atoms with E-state index in [1.165, 1.54) is 25.3 Å². The first-order valence-electron chi connectivity index (χ1n) is 7.50. The van der Waals surface area contributed by atoms with Crippen LogP contribution in [0.5, 0.6) is 0 Å². The van der Waals surface area contributed by atoms with E-state index < -0.39 is 6.10 Å². The van der Waals surface area contributed by atoms with Crippen molar-refractivity contribution in [3.8, 4) is 0 Å². The summed E-state index contributed by atoms with van der Waals surface area (Å²) in [4.78, 5) is 27.3. The van der Waals surface area contributed by atoms with Gasteiger partial charge in [-0.1, -0.05) is 11.6 Å². The third kappa shape index (κ3) is 3.82. The molecule has 2 amide bonds. The minimum absolute atomic E-state index is 0.169. The van der Waals surface area contributed by atoms with E-state index in [0.29, 0.717) is 32.6 Å². The normalized spacial score (nSPS) is 21.4. The van der Waals surface area contributed by atoms with Crippen molar-refractivity contribution in [3.05, 3.63) is 11.6 Å².